The summed E-state index contributed by atoms with van der Waals surface area (Å²) in [7, 11) is -3.13. The summed E-state index contributed by atoms with van der Waals surface area (Å²) in [5.41, 5.74) is 28.7. The molecule has 1 atom stereocenters. The maximum atomic E-state index is 2.84. The van der Waals surface area contributed by atoms with Crippen LogP contribution < -0.4 is 37.1 Å². The Balaban J connectivity index is 1.17. The summed E-state index contributed by atoms with van der Waals surface area (Å²) in [6.45, 7) is 30.9. The monoisotopic (exact) mass is 997 g/mol. The number of aromatic nitrogens is 3. The number of hydrogen-bond acceptors (Lipinski definition) is 0. The van der Waals surface area contributed by atoms with Crippen LogP contribution in [0.4, 0.5) is 0 Å². The topological polar surface area (TPSA) is 14.8 Å². The third kappa shape index (κ3) is 5.26. The lowest BCUT2D eigenvalue weighted by atomic mass is 9.34. The lowest BCUT2D eigenvalue weighted by molar-refractivity contribution is 0.591. The van der Waals surface area contributed by atoms with E-state index in [0.29, 0.717) is 11.8 Å². The summed E-state index contributed by atoms with van der Waals surface area (Å²) in [4.78, 5) is 0. The number of hydrogen-bond donors (Lipinski definition) is 0. The second-order valence-electron chi connectivity index (χ2n) is 26.2. The van der Waals surface area contributed by atoms with Gasteiger partial charge in [0.25, 0.3) is 6.71 Å². The molecule has 5 heteroatoms. The van der Waals surface area contributed by atoms with Crippen LogP contribution in [0, 0.1) is 20.8 Å². The maximum absolute atomic E-state index is 3.13. The fourth-order valence-corrected chi connectivity index (χ4v) is 21.3. The lowest BCUT2D eigenvalue weighted by Crippen LogP contribution is -2.77. The smallest absolute Gasteiger partial charge is 0.252 e. The number of fused-ring (bicyclic) bond motifs is 18. The molecule has 3 nitrogen and oxygen atoms in total. The normalized spacial score (nSPS) is 16.0. The first-order valence-corrected chi connectivity index (χ1v) is 30.1. The van der Waals surface area contributed by atoms with Gasteiger partial charge in [0, 0.05) is 49.2 Å². The summed E-state index contributed by atoms with van der Waals surface area (Å²) >= 11 is 0. The molecule has 0 N–H and O–H groups in total. The van der Waals surface area contributed by atoms with Crippen molar-refractivity contribution < 1.29 is 0 Å². The van der Waals surface area contributed by atoms with Crippen LogP contribution >= 0.6 is 0 Å². The molecule has 76 heavy (non-hydrogen) atoms. The van der Waals surface area contributed by atoms with Crippen LogP contribution in [0.15, 0.2) is 140 Å². The highest BCUT2D eigenvalue weighted by molar-refractivity contribution is 7.24. The first kappa shape index (κ1) is 44.9. The molecule has 0 fully saturated rings. The van der Waals surface area contributed by atoms with Crippen molar-refractivity contribution in [2.24, 2.45) is 0 Å². The Morgan fingerprint density at radius 1 is 0.434 bits per heavy atom. The van der Waals surface area contributed by atoms with E-state index in [1.807, 2.05) is 0 Å². The molecular formula is C71H64BN3Si. The Morgan fingerprint density at radius 3 is 1.72 bits per heavy atom. The summed E-state index contributed by atoms with van der Waals surface area (Å²) in [6.07, 6.45) is 0. The van der Waals surface area contributed by atoms with Crippen molar-refractivity contribution in [1.29, 1.82) is 0 Å². The van der Waals surface area contributed by atoms with Gasteiger partial charge in [0.05, 0.1) is 33.3 Å². The third-order valence-corrected chi connectivity index (χ3v) is 23.9. The van der Waals surface area contributed by atoms with Crippen LogP contribution in [0.5, 0.6) is 0 Å². The second kappa shape index (κ2) is 14.4. The summed E-state index contributed by atoms with van der Waals surface area (Å²) < 4.78 is 8.20. The van der Waals surface area contributed by atoms with Crippen molar-refractivity contribution in [2.75, 3.05) is 0 Å². The number of aryl methyl sites for hydroxylation is 3. The molecule has 0 saturated carbocycles. The van der Waals surface area contributed by atoms with Gasteiger partial charge in [0.2, 0.25) is 0 Å². The zero-order valence-electron chi connectivity index (χ0n) is 46.4. The Kier molecular flexibility index (Phi) is 8.49. The van der Waals surface area contributed by atoms with Crippen molar-refractivity contribution in [3.05, 3.63) is 178 Å². The predicted molar refractivity (Wildman–Crippen MR) is 330 cm³/mol. The number of benzene rings is 9. The standard InChI is InChI=1S/C71H64BN3Si/c1-37(2)42-22-24-46-47-25-23-44(70(8,9)10)34-60(47)76(59(46)32-42)58-27-26-56-64-69(58)75-66-50(51-33-45(71(11,12)13)35-61(76)67(51)75)30-43(38(3)4)31-52(66)72(64)53-36-57-62(63-49-19-15-17-21-55(49)73(56)68(53)63)48-18-14-16-20-54(48)74(57)65-40(6)28-39(5)29-41(65)7/h14-38H,1-13H3. The van der Waals surface area contributed by atoms with Gasteiger partial charge in [0.15, 0.2) is 8.07 Å². The minimum Gasteiger partial charge on any atom is -0.310 e. The fraction of sp³-hybridized carbons (Fsp3) is 0.239. The van der Waals surface area contributed by atoms with E-state index in [-0.39, 0.29) is 17.5 Å². The lowest BCUT2D eigenvalue weighted by Gasteiger charge is -2.43. The molecule has 1 spiro atoms. The van der Waals surface area contributed by atoms with Crippen LogP contribution in [-0.2, 0) is 10.8 Å². The molecule has 12 aromatic rings. The van der Waals surface area contributed by atoms with Crippen molar-refractivity contribution in [1.82, 2.24) is 13.7 Å². The van der Waals surface area contributed by atoms with Crippen LogP contribution in [0.25, 0.3) is 93.6 Å². The van der Waals surface area contributed by atoms with Crippen molar-refractivity contribution >= 4 is 117 Å². The van der Waals surface area contributed by atoms with Crippen molar-refractivity contribution in [3.63, 3.8) is 0 Å². The Hall–Kier alpha value is -7.34. The molecule has 4 aliphatic rings. The molecule has 0 aliphatic carbocycles. The summed E-state index contributed by atoms with van der Waals surface area (Å²) in [6, 6.07) is 57.1. The van der Waals surface area contributed by atoms with Crippen molar-refractivity contribution in [2.45, 2.75) is 113 Å². The van der Waals surface area contributed by atoms with E-state index in [1.165, 1.54) is 154 Å². The average molecular weight is 998 g/mol. The highest BCUT2D eigenvalue weighted by atomic mass is 28.3. The molecule has 1 unspecified atom stereocenters. The van der Waals surface area contributed by atoms with E-state index in [2.05, 4.69) is 243 Å². The van der Waals surface area contributed by atoms with Gasteiger partial charge in [-0.3, -0.25) is 0 Å². The maximum Gasteiger partial charge on any atom is 0.252 e. The first-order chi connectivity index (χ1) is 36.4. The second-order valence-corrected chi connectivity index (χ2v) is 29.9. The van der Waals surface area contributed by atoms with Gasteiger partial charge < -0.3 is 13.7 Å². The molecular weight excluding hydrogens is 934 g/mol. The fourth-order valence-electron chi connectivity index (χ4n) is 15.7. The van der Waals surface area contributed by atoms with Crippen LogP contribution in [0.1, 0.15) is 120 Å². The number of nitrogens with zero attached hydrogens (tertiary/aromatic N) is 3. The van der Waals surface area contributed by atoms with Crippen LogP contribution in [0.3, 0.4) is 0 Å². The summed E-state index contributed by atoms with van der Waals surface area (Å²) in [5.74, 6) is 0.735. The highest BCUT2D eigenvalue weighted by Gasteiger charge is 2.57. The molecule has 7 heterocycles. The van der Waals surface area contributed by atoms with Gasteiger partial charge in [-0.2, -0.15) is 0 Å². The number of rotatable bonds is 3. The van der Waals surface area contributed by atoms with Gasteiger partial charge in [-0.15, -0.1) is 0 Å². The third-order valence-electron chi connectivity index (χ3n) is 19.1. The zero-order valence-corrected chi connectivity index (χ0v) is 47.4. The Labute approximate surface area is 447 Å². The van der Waals surface area contributed by atoms with E-state index >= 15 is 0 Å². The molecule has 9 aromatic carbocycles. The molecule has 4 aliphatic heterocycles. The van der Waals surface area contributed by atoms with Gasteiger partial charge >= 0.3 is 0 Å². The number of para-hydroxylation sites is 2. The molecule has 0 saturated heterocycles. The molecule has 16 rings (SSSR count). The van der Waals surface area contributed by atoms with Gasteiger partial charge in [-0.1, -0.05) is 178 Å². The molecule has 0 bridgehead atoms. The van der Waals surface area contributed by atoms with Gasteiger partial charge in [0.1, 0.15) is 0 Å². The van der Waals surface area contributed by atoms with E-state index in [9.17, 15) is 0 Å². The van der Waals surface area contributed by atoms with Crippen molar-refractivity contribution in [3.8, 4) is 28.2 Å². The van der Waals surface area contributed by atoms with Gasteiger partial charge in [-0.25, -0.2) is 0 Å². The Morgan fingerprint density at radius 2 is 1.04 bits per heavy atom. The molecule has 0 amide bonds. The first-order valence-electron chi connectivity index (χ1n) is 28.1. The van der Waals surface area contributed by atoms with E-state index < -0.39 is 8.07 Å². The van der Waals surface area contributed by atoms with Gasteiger partial charge in [-0.05, 0) is 161 Å². The highest BCUT2D eigenvalue weighted by Crippen LogP contribution is 2.48. The quantitative estimate of drug-likeness (QED) is 0.157. The SMILES string of the molecule is Cc1cc(C)c(-n2c3ccccc3c3c4c5ccccc5n5c4c(cc32)B2c3c-5ccc4c3-n3c5c2cc(C(C)C)cc5c2cc(C(C)(C)C)cc(c23)[Si]42c3cc(C(C)C)ccc3-c3ccc(C(C)(C)C)cc32)c(C)c1. The van der Waals surface area contributed by atoms with Crippen LogP contribution in [0.2, 0.25) is 0 Å². The molecule has 0 radical (unpaired) electrons. The average Bonchev–Trinajstić information content (AvgIpc) is 4.13. The molecule has 370 valence electrons. The minimum absolute atomic E-state index is 0.0173. The van der Waals surface area contributed by atoms with E-state index in [4.69, 9.17) is 0 Å². The largest absolute Gasteiger partial charge is 0.310 e. The molecule has 3 aromatic heterocycles. The predicted octanol–water partition coefficient (Wildman–Crippen LogP) is 13.6. The Bertz CT molecular complexity index is 4680. The van der Waals surface area contributed by atoms with E-state index in [1.54, 1.807) is 15.6 Å². The van der Waals surface area contributed by atoms with Crippen LogP contribution in [-0.4, -0.2) is 28.5 Å². The zero-order chi connectivity index (χ0) is 52.1. The summed E-state index contributed by atoms with van der Waals surface area (Å²) in [5, 5.41) is 14.4. The minimum atomic E-state index is -3.13. The van der Waals surface area contributed by atoms with E-state index in [0.717, 1.165) is 0 Å².